The molecule has 1 saturated carbocycles. The summed E-state index contributed by atoms with van der Waals surface area (Å²) < 4.78 is 5.19. The zero-order valence-electron chi connectivity index (χ0n) is 15.2. The fourth-order valence-corrected chi connectivity index (χ4v) is 5.35. The molecule has 126 valence electrons. The van der Waals surface area contributed by atoms with Gasteiger partial charge in [0.2, 0.25) is 0 Å². The van der Waals surface area contributed by atoms with Crippen LogP contribution in [0.1, 0.15) is 76.0 Å². The smallest absolute Gasteiger partial charge is 0.311 e. The summed E-state index contributed by atoms with van der Waals surface area (Å²) in [6, 6.07) is 7.05. The highest BCUT2D eigenvalue weighted by atomic mass is 16.5. The molecule has 1 aromatic rings. The first-order valence-electron chi connectivity index (χ1n) is 9.04. The quantitative estimate of drug-likeness (QED) is 0.719. The van der Waals surface area contributed by atoms with Crippen LogP contribution in [0.15, 0.2) is 18.2 Å². The van der Waals surface area contributed by atoms with E-state index in [2.05, 4.69) is 45.9 Å². The van der Waals surface area contributed by atoms with E-state index in [1.54, 1.807) is 0 Å². The zero-order valence-corrected chi connectivity index (χ0v) is 15.2. The van der Waals surface area contributed by atoms with Crippen molar-refractivity contribution in [3.8, 4) is 0 Å². The first-order valence-corrected chi connectivity index (χ1v) is 9.04. The minimum absolute atomic E-state index is 0.0179. The Kier molecular flexibility index (Phi) is 4.06. The standard InChI is InChI=1S/C21H30O2/c1-14(2)15-7-9-17-16(13-15)8-10-18-20(17,3)11-6-12-21(18,4)19(22)23-5/h7,9,13-14,18H,6,8,10-12H2,1-5H3/t18-,20+,21+/m0/s1. The van der Waals surface area contributed by atoms with Gasteiger partial charge in [-0.3, -0.25) is 4.79 Å². The van der Waals surface area contributed by atoms with Gasteiger partial charge < -0.3 is 4.74 Å². The van der Waals surface area contributed by atoms with E-state index >= 15 is 0 Å². The lowest BCUT2D eigenvalue weighted by molar-refractivity contribution is -0.161. The van der Waals surface area contributed by atoms with E-state index in [4.69, 9.17) is 4.74 Å². The van der Waals surface area contributed by atoms with Gasteiger partial charge in [-0.1, -0.05) is 45.4 Å². The van der Waals surface area contributed by atoms with Gasteiger partial charge in [0.05, 0.1) is 12.5 Å². The third kappa shape index (κ3) is 2.42. The summed E-state index contributed by atoms with van der Waals surface area (Å²) in [5.74, 6) is 0.932. The van der Waals surface area contributed by atoms with Crippen LogP contribution in [0.4, 0.5) is 0 Å². The Labute approximate surface area is 140 Å². The number of hydrogen-bond donors (Lipinski definition) is 0. The molecular formula is C21H30O2. The summed E-state index contributed by atoms with van der Waals surface area (Å²) in [4.78, 5) is 12.5. The van der Waals surface area contributed by atoms with Crippen LogP contribution in [0.3, 0.4) is 0 Å². The number of ether oxygens (including phenoxy) is 1. The summed E-state index contributed by atoms with van der Waals surface area (Å²) in [5, 5.41) is 0. The molecule has 3 rings (SSSR count). The van der Waals surface area contributed by atoms with Crippen molar-refractivity contribution in [2.45, 2.75) is 71.1 Å². The number of fused-ring (bicyclic) bond motifs is 3. The molecular weight excluding hydrogens is 284 g/mol. The molecule has 0 unspecified atom stereocenters. The van der Waals surface area contributed by atoms with Crippen LogP contribution >= 0.6 is 0 Å². The highest BCUT2D eigenvalue weighted by molar-refractivity contribution is 5.77. The third-order valence-corrected chi connectivity index (χ3v) is 6.70. The molecule has 1 fully saturated rings. The van der Waals surface area contributed by atoms with Crippen LogP contribution in [0.5, 0.6) is 0 Å². The van der Waals surface area contributed by atoms with Gasteiger partial charge in [-0.05, 0) is 66.5 Å². The normalized spacial score (nSPS) is 33.0. The van der Waals surface area contributed by atoms with E-state index in [0.29, 0.717) is 11.8 Å². The Bertz CT molecular complexity index is 618. The van der Waals surface area contributed by atoms with E-state index in [1.165, 1.54) is 30.2 Å². The number of benzene rings is 1. The van der Waals surface area contributed by atoms with Crippen molar-refractivity contribution in [2.24, 2.45) is 11.3 Å². The maximum Gasteiger partial charge on any atom is 0.311 e. The third-order valence-electron chi connectivity index (χ3n) is 6.70. The topological polar surface area (TPSA) is 26.3 Å². The summed E-state index contributed by atoms with van der Waals surface area (Å²) in [6.45, 7) is 9.02. The molecule has 1 aromatic carbocycles. The number of methoxy groups -OCH3 is 1. The molecule has 0 spiro atoms. The molecule has 0 saturated heterocycles. The molecule has 2 heteroatoms. The second-order valence-corrected chi connectivity index (χ2v) is 8.34. The number of aryl methyl sites for hydroxylation is 1. The highest BCUT2D eigenvalue weighted by Gasteiger charge is 2.55. The Hall–Kier alpha value is -1.31. The molecule has 0 aromatic heterocycles. The number of carbonyl (C=O) groups is 1. The minimum Gasteiger partial charge on any atom is -0.469 e. The average Bonchev–Trinajstić information content (AvgIpc) is 2.53. The highest BCUT2D eigenvalue weighted by Crippen LogP contribution is 2.57. The summed E-state index contributed by atoms with van der Waals surface area (Å²) in [7, 11) is 1.53. The van der Waals surface area contributed by atoms with Crippen LogP contribution in [-0.4, -0.2) is 13.1 Å². The van der Waals surface area contributed by atoms with Gasteiger partial charge in [0, 0.05) is 0 Å². The predicted molar refractivity (Wildman–Crippen MR) is 93.7 cm³/mol. The fourth-order valence-electron chi connectivity index (χ4n) is 5.35. The molecule has 0 heterocycles. The molecule has 0 amide bonds. The van der Waals surface area contributed by atoms with Gasteiger partial charge in [0.15, 0.2) is 0 Å². The molecule has 2 aliphatic carbocycles. The van der Waals surface area contributed by atoms with Gasteiger partial charge >= 0.3 is 5.97 Å². The number of hydrogen-bond acceptors (Lipinski definition) is 2. The van der Waals surface area contributed by atoms with Crippen molar-refractivity contribution in [3.05, 3.63) is 34.9 Å². The first kappa shape index (κ1) is 16.5. The maximum atomic E-state index is 12.5. The summed E-state index contributed by atoms with van der Waals surface area (Å²) >= 11 is 0. The summed E-state index contributed by atoms with van der Waals surface area (Å²) in [6.07, 6.45) is 5.42. The maximum absolute atomic E-state index is 12.5. The van der Waals surface area contributed by atoms with E-state index in [-0.39, 0.29) is 16.8 Å². The van der Waals surface area contributed by atoms with Gasteiger partial charge in [-0.25, -0.2) is 0 Å². The van der Waals surface area contributed by atoms with Crippen LogP contribution in [0.2, 0.25) is 0 Å². The number of rotatable bonds is 2. The lowest BCUT2D eigenvalue weighted by Crippen LogP contribution is -2.52. The van der Waals surface area contributed by atoms with Gasteiger partial charge in [-0.15, -0.1) is 0 Å². The molecule has 0 aliphatic heterocycles. The molecule has 2 aliphatic rings. The fraction of sp³-hybridized carbons (Fsp3) is 0.667. The zero-order chi connectivity index (χ0) is 16.8. The largest absolute Gasteiger partial charge is 0.469 e. The second kappa shape index (κ2) is 5.65. The van der Waals surface area contributed by atoms with Crippen molar-refractivity contribution < 1.29 is 9.53 Å². The monoisotopic (exact) mass is 314 g/mol. The van der Waals surface area contributed by atoms with Crippen LogP contribution in [0, 0.1) is 11.3 Å². The van der Waals surface area contributed by atoms with E-state index in [9.17, 15) is 4.79 Å². The van der Waals surface area contributed by atoms with Crippen molar-refractivity contribution in [1.29, 1.82) is 0 Å². The van der Waals surface area contributed by atoms with Crippen LogP contribution in [-0.2, 0) is 21.4 Å². The van der Waals surface area contributed by atoms with Crippen molar-refractivity contribution in [2.75, 3.05) is 7.11 Å². The Morgan fingerprint density at radius 1 is 1.26 bits per heavy atom. The molecule has 23 heavy (non-hydrogen) atoms. The number of esters is 1. The number of carbonyl (C=O) groups excluding carboxylic acids is 1. The van der Waals surface area contributed by atoms with E-state index in [1.807, 2.05) is 0 Å². The molecule has 0 N–H and O–H groups in total. The Morgan fingerprint density at radius 3 is 2.65 bits per heavy atom. The van der Waals surface area contributed by atoms with Gasteiger partial charge in [-0.2, -0.15) is 0 Å². The van der Waals surface area contributed by atoms with E-state index < -0.39 is 0 Å². The average molecular weight is 314 g/mol. The molecule has 3 atom stereocenters. The Morgan fingerprint density at radius 2 is 2.00 bits per heavy atom. The van der Waals surface area contributed by atoms with Crippen LogP contribution < -0.4 is 0 Å². The summed E-state index contributed by atoms with van der Waals surface area (Å²) in [5.41, 5.74) is 4.18. The lowest BCUT2D eigenvalue weighted by Gasteiger charge is -2.54. The SMILES string of the molecule is COC(=O)[C@]1(C)CCC[C@]2(C)c3ccc(C(C)C)cc3CC[C@H]12. The van der Waals surface area contributed by atoms with Crippen LogP contribution in [0.25, 0.3) is 0 Å². The molecule has 2 nitrogen and oxygen atoms in total. The first-order chi connectivity index (χ1) is 10.8. The van der Waals surface area contributed by atoms with Crippen molar-refractivity contribution in [3.63, 3.8) is 0 Å². The van der Waals surface area contributed by atoms with Crippen molar-refractivity contribution in [1.82, 2.24) is 0 Å². The molecule has 0 radical (unpaired) electrons. The molecule has 0 bridgehead atoms. The van der Waals surface area contributed by atoms with Crippen molar-refractivity contribution >= 4 is 5.97 Å². The second-order valence-electron chi connectivity index (χ2n) is 8.34. The Balaban J connectivity index is 2.06. The predicted octanol–water partition coefficient (Wildman–Crippen LogP) is 4.99. The van der Waals surface area contributed by atoms with Gasteiger partial charge in [0.1, 0.15) is 0 Å². The minimum atomic E-state index is -0.337. The van der Waals surface area contributed by atoms with Gasteiger partial charge in [0.25, 0.3) is 0 Å². The lowest BCUT2D eigenvalue weighted by atomic mass is 9.49. The van der Waals surface area contributed by atoms with E-state index in [0.717, 1.165) is 25.7 Å².